The van der Waals surface area contributed by atoms with E-state index in [4.69, 9.17) is 14.2 Å². The standard InChI is InChI=1S/C28H30N2O7/c1-17(28(13-14-28)21-11-7-9-19-8-5-6-10-20(19)21)27(3,26(33)34)30-25(32)23-24(37-16-36-18(2)31)22(35-4)12-15-29-23/h5-12,15,17H,13-14,16H2,1-4H3,(H,30,32)(H,33,34)/t17-,27?/m1/s1. The minimum absolute atomic E-state index is 0.0562. The van der Waals surface area contributed by atoms with Crippen LogP contribution in [0.4, 0.5) is 0 Å². The number of carboxylic acids is 1. The average molecular weight is 507 g/mol. The van der Waals surface area contributed by atoms with Crippen molar-refractivity contribution in [2.75, 3.05) is 13.9 Å². The molecule has 2 atom stereocenters. The molecule has 1 heterocycles. The van der Waals surface area contributed by atoms with Crippen LogP contribution < -0.4 is 14.8 Å². The number of carbonyl (C=O) groups is 3. The van der Waals surface area contributed by atoms with Crippen molar-refractivity contribution in [2.24, 2.45) is 5.92 Å². The van der Waals surface area contributed by atoms with Gasteiger partial charge in [-0.15, -0.1) is 0 Å². The van der Waals surface area contributed by atoms with Crippen LogP contribution in [-0.2, 0) is 19.7 Å². The van der Waals surface area contributed by atoms with Crippen LogP contribution in [0.25, 0.3) is 10.8 Å². The molecule has 2 N–H and O–H groups in total. The number of hydrogen-bond acceptors (Lipinski definition) is 7. The van der Waals surface area contributed by atoms with Gasteiger partial charge in [-0.3, -0.25) is 9.59 Å². The Morgan fingerprint density at radius 3 is 2.49 bits per heavy atom. The van der Waals surface area contributed by atoms with E-state index >= 15 is 0 Å². The number of hydrogen-bond donors (Lipinski definition) is 2. The molecule has 9 nitrogen and oxygen atoms in total. The van der Waals surface area contributed by atoms with Gasteiger partial charge in [0.05, 0.1) is 7.11 Å². The number of methoxy groups -OCH3 is 1. The van der Waals surface area contributed by atoms with Crippen LogP contribution in [0.2, 0.25) is 0 Å². The minimum Gasteiger partial charge on any atom is -0.493 e. The van der Waals surface area contributed by atoms with E-state index in [0.717, 1.165) is 29.2 Å². The third-order valence-corrected chi connectivity index (χ3v) is 7.40. The summed E-state index contributed by atoms with van der Waals surface area (Å²) in [6.45, 7) is 4.14. The predicted molar refractivity (Wildman–Crippen MR) is 136 cm³/mol. The molecule has 3 aromatic rings. The second-order valence-electron chi connectivity index (χ2n) is 9.46. The molecule has 2 aromatic carbocycles. The molecule has 0 bridgehead atoms. The van der Waals surface area contributed by atoms with E-state index in [9.17, 15) is 19.5 Å². The number of nitrogens with zero attached hydrogens (tertiary/aromatic N) is 1. The van der Waals surface area contributed by atoms with Gasteiger partial charge >= 0.3 is 11.9 Å². The Labute approximate surface area is 214 Å². The number of aliphatic carboxylic acids is 1. The summed E-state index contributed by atoms with van der Waals surface area (Å²) >= 11 is 0. The number of rotatable bonds is 10. The van der Waals surface area contributed by atoms with Crippen molar-refractivity contribution in [3.8, 4) is 11.5 Å². The molecular formula is C28H30N2O7. The largest absolute Gasteiger partial charge is 0.493 e. The number of nitrogens with one attached hydrogen (secondary N) is 1. The normalized spacial score (nSPS) is 16.2. The smallest absolute Gasteiger partial charge is 0.329 e. The maximum absolute atomic E-state index is 13.5. The lowest BCUT2D eigenvalue weighted by Crippen LogP contribution is -2.59. The van der Waals surface area contributed by atoms with Gasteiger partial charge in [0, 0.05) is 24.6 Å². The zero-order chi connectivity index (χ0) is 26.8. The number of benzene rings is 2. The molecule has 1 aromatic heterocycles. The summed E-state index contributed by atoms with van der Waals surface area (Å²) in [6, 6.07) is 15.6. The number of pyridine rings is 1. The van der Waals surface area contributed by atoms with E-state index in [-0.39, 0.29) is 17.2 Å². The zero-order valence-corrected chi connectivity index (χ0v) is 21.2. The zero-order valence-electron chi connectivity index (χ0n) is 21.2. The molecule has 1 fully saturated rings. The number of carboxylic acid groups (broad SMARTS) is 1. The molecule has 0 saturated heterocycles. The van der Waals surface area contributed by atoms with E-state index < -0.39 is 41.5 Å². The predicted octanol–water partition coefficient (Wildman–Crippen LogP) is 4.08. The van der Waals surface area contributed by atoms with Gasteiger partial charge < -0.3 is 24.6 Å². The quantitative estimate of drug-likeness (QED) is 0.311. The highest BCUT2D eigenvalue weighted by Gasteiger charge is 2.58. The molecule has 194 valence electrons. The van der Waals surface area contributed by atoms with Crippen molar-refractivity contribution < 1.29 is 33.7 Å². The number of fused-ring (bicyclic) bond motifs is 1. The summed E-state index contributed by atoms with van der Waals surface area (Å²) in [4.78, 5) is 41.4. The van der Waals surface area contributed by atoms with Crippen molar-refractivity contribution in [1.82, 2.24) is 10.3 Å². The topological polar surface area (TPSA) is 124 Å². The molecular weight excluding hydrogens is 476 g/mol. The third kappa shape index (κ3) is 4.81. The Bertz CT molecular complexity index is 1350. The maximum atomic E-state index is 13.5. The van der Waals surface area contributed by atoms with Gasteiger partial charge in [0.25, 0.3) is 5.91 Å². The molecule has 1 aliphatic carbocycles. The van der Waals surface area contributed by atoms with Crippen LogP contribution >= 0.6 is 0 Å². The third-order valence-electron chi connectivity index (χ3n) is 7.40. The number of carbonyl (C=O) groups excluding carboxylic acids is 2. The molecule has 0 spiro atoms. The fourth-order valence-electron chi connectivity index (χ4n) is 4.99. The van der Waals surface area contributed by atoms with Crippen LogP contribution in [0.3, 0.4) is 0 Å². The SMILES string of the molecule is COc1ccnc(C(=O)NC(C)(C(=O)O)[C@@H](C)C2(c3cccc4ccccc34)CC2)c1OCOC(C)=O. The van der Waals surface area contributed by atoms with Gasteiger partial charge in [0.2, 0.25) is 6.79 Å². The molecule has 4 rings (SSSR count). The first kappa shape index (κ1) is 25.9. The van der Waals surface area contributed by atoms with E-state index in [0.29, 0.717) is 0 Å². The maximum Gasteiger partial charge on any atom is 0.329 e. The summed E-state index contributed by atoms with van der Waals surface area (Å²) in [5, 5.41) is 15.2. The molecule has 37 heavy (non-hydrogen) atoms. The van der Waals surface area contributed by atoms with Crippen LogP contribution in [0.1, 0.15) is 49.7 Å². The van der Waals surface area contributed by atoms with Crippen molar-refractivity contribution in [2.45, 2.75) is 44.6 Å². The second kappa shape index (κ2) is 10.1. The Balaban J connectivity index is 1.68. The van der Waals surface area contributed by atoms with Gasteiger partial charge in [-0.1, -0.05) is 49.4 Å². The van der Waals surface area contributed by atoms with Crippen LogP contribution in [0.5, 0.6) is 11.5 Å². The first-order chi connectivity index (χ1) is 17.6. The molecule has 1 amide bonds. The van der Waals surface area contributed by atoms with Gasteiger partial charge in [-0.2, -0.15) is 0 Å². The van der Waals surface area contributed by atoms with Crippen LogP contribution in [-0.4, -0.2) is 47.4 Å². The van der Waals surface area contributed by atoms with Crippen LogP contribution in [0, 0.1) is 5.92 Å². The van der Waals surface area contributed by atoms with E-state index in [1.54, 1.807) is 0 Å². The Morgan fingerprint density at radius 1 is 1.14 bits per heavy atom. The lowest BCUT2D eigenvalue weighted by Gasteiger charge is -2.38. The molecule has 0 radical (unpaired) electrons. The van der Waals surface area contributed by atoms with E-state index in [2.05, 4.69) is 10.3 Å². The minimum atomic E-state index is -1.64. The van der Waals surface area contributed by atoms with Crippen molar-refractivity contribution >= 4 is 28.6 Å². The van der Waals surface area contributed by atoms with Crippen molar-refractivity contribution in [3.63, 3.8) is 0 Å². The average Bonchev–Trinajstić information content (AvgIpc) is 3.69. The summed E-state index contributed by atoms with van der Waals surface area (Å²) in [6.07, 6.45) is 2.95. The lowest BCUT2D eigenvalue weighted by molar-refractivity contribution is -0.148. The highest BCUT2D eigenvalue weighted by atomic mass is 16.7. The second-order valence-corrected chi connectivity index (χ2v) is 9.46. The molecule has 0 aliphatic heterocycles. The summed E-state index contributed by atoms with van der Waals surface area (Å²) in [5.74, 6) is -2.81. The number of ether oxygens (including phenoxy) is 3. The highest BCUT2D eigenvalue weighted by Crippen LogP contribution is 2.58. The number of aromatic nitrogens is 1. The van der Waals surface area contributed by atoms with Gasteiger partial charge in [-0.05, 0) is 42.0 Å². The van der Waals surface area contributed by atoms with E-state index in [1.165, 1.54) is 33.2 Å². The summed E-state index contributed by atoms with van der Waals surface area (Å²) in [7, 11) is 1.39. The molecule has 1 saturated carbocycles. The fourth-order valence-corrected chi connectivity index (χ4v) is 4.99. The Morgan fingerprint density at radius 2 is 1.84 bits per heavy atom. The Hall–Kier alpha value is -4.14. The molecule has 1 aliphatic rings. The highest BCUT2D eigenvalue weighted by molar-refractivity contribution is 5.99. The molecule has 9 heteroatoms. The first-order valence-corrected chi connectivity index (χ1v) is 12.0. The summed E-state index contributed by atoms with van der Waals surface area (Å²) < 4.78 is 15.6. The van der Waals surface area contributed by atoms with E-state index in [1.807, 2.05) is 49.4 Å². The molecule has 1 unspecified atom stereocenters. The Kier molecular flexibility index (Phi) is 7.07. The van der Waals surface area contributed by atoms with Crippen molar-refractivity contribution in [1.29, 1.82) is 0 Å². The van der Waals surface area contributed by atoms with Crippen molar-refractivity contribution in [3.05, 3.63) is 66.0 Å². The van der Waals surface area contributed by atoms with Gasteiger partial charge in [0.15, 0.2) is 17.2 Å². The number of esters is 1. The van der Waals surface area contributed by atoms with Gasteiger partial charge in [0.1, 0.15) is 5.54 Å². The lowest BCUT2D eigenvalue weighted by atomic mass is 9.71. The summed E-state index contributed by atoms with van der Waals surface area (Å²) in [5.41, 5.74) is -1.16. The van der Waals surface area contributed by atoms with Crippen LogP contribution in [0.15, 0.2) is 54.7 Å². The van der Waals surface area contributed by atoms with Gasteiger partial charge in [-0.25, -0.2) is 9.78 Å². The first-order valence-electron chi connectivity index (χ1n) is 12.0. The number of amides is 1. The fraction of sp³-hybridized carbons (Fsp3) is 0.357. The monoisotopic (exact) mass is 506 g/mol.